The molecule has 0 aromatic carbocycles. The summed E-state index contributed by atoms with van der Waals surface area (Å²) < 4.78 is 5.56. The molecule has 140 valence electrons. The maximum atomic E-state index is 12.4. The molecule has 0 radical (unpaired) electrons. The van der Waals surface area contributed by atoms with Gasteiger partial charge in [-0.15, -0.1) is 12.4 Å². The van der Waals surface area contributed by atoms with Crippen LogP contribution in [0.25, 0.3) is 0 Å². The molecule has 2 atom stereocenters. The van der Waals surface area contributed by atoms with Crippen molar-refractivity contribution in [2.75, 3.05) is 19.8 Å². The third kappa shape index (κ3) is 5.34. The van der Waals surface area contributed by atoms with Crippen molar-refractivity contribution in [1.82, 2.24) is 10.6 Å². The van der Waals surface area contributed by atoms with E-state index < -0.39 is 0 Å². The predicted molar refractivity (Wildman–Crippen MR) is 99.6 cm³/mol. The van der Waals surface area contributed by atoms with E-state index in [4.69, 9.17) is 4.74 Å². The minimum atomic E-state index is 0. The van der Waals surface area contributed by atoms with Crippen molar-refractivity contribution >= 4 is 18.3 Å². The average Bonchev–Trinajstić information content (AvgIpc) is 3.13. The smallest absolute Gasteiger partial charge is 0.220 e. The highest BCUT2D eigenvalue weighted by Gasteiger charge is 2.36. The molecule has 3 fully saturated rings. The van der Waals surface area contributed by atoms with E-state index in [0.29, 0.717) is 23.4 Å². The zero-order valence-corrected chi connectivity index (χ0v) is 16.0. The van der Waals surface area contributed by atoms with Gasteiger partial charge in [0.25, 0.3) is 0 Å². The summed E-state index contributed by atoms with van der Waals surface area (Å²) in [5.74, 6) is 0.871. The molecule has 1 aliphatic carbocycles. The van der Waals surface area contributed by atoms with Crippen molar-refractivity contribution in [2.45, 2.75) is 83.2 Å². The topological polar surface area (TPSA) is 50.4 Å². The van der Waals surface area contributed by atoms with Crippen LogP contribution in [-0.2, 0) is 9.53 Å². The summed E-state index contributed by atoms with van der Waals surface area (Å²) in [6.07, 6.45) is 11.9. The number of rotatable bonds is 8. The Bertz CT molecular complexity index is 387. The molecule has 2 N–H and O–H groups in total. The van der Waals surface area contributed by atoms with Crippen molar-refractivity contribution < 1.29 is 9.53 Å². The number of hydrogen-bond donors (Lipinski definition) is 2. The third-order valence-corrected chi connectivity index (χ3v) is 6.35. The highest BCUT2D eigenvalue weighted by Crippen LogP contribution is 2.40. The number of nitrogens with one attached hydrogen (secondary N) is 2. The van der Waals surface area contributed by atoms with Crippen molar-refractivity contribution in [3.63, 3.8) is 0 Å². The van der Waals surface area contributed by atoms with E-state index in [2.05, 4.69) is 17.6 Å². The van der Waals surface area contributed by atoms with Crippen LogP contribution in [0.5, 0.6) is 0 Å². The zero-order chi connectivity index (χ0) is 16.1. The second kappa shape index (κ2) is 9.40. The summed E-state index contributed by atoms with van der Waals surface area (Å²) >= 11 is 0. The van der Waals surface area contributed by atoms with Gasteiger partial charge in [-0.05, 0) is 63.2 Å². The fourth-order valence-corrected chi connectivity index (χ4v) is 5.04. The fraction of sp³-hybridized carbons (Fsp3) is 0.947. The van der Waals surface area contributed by atoms with E-state index in [0.717, 1.165) is 32.6 Å². The van der Waals surface area contributed by atoms with Gasteiger partial charge >= 0.3 is 0 Å². The highest BCUT2D eigenvalue weighted by molar-refractivity contribution is 5.85. The third-order valence-electron chi connectivity index (χ3n) is 6.35. The van der Waals surface area contributed by atoms with E-state index in [-0.39, 0.29) is 18.3 Å². The van der Waals surface area contributed by atoms with E-state index in [1.54, 1.807) is 0 Å². The quantitative estimate of drug-likeness (QED) is 0.653. The Labute approximate surface area is 153 Å². The molecule has 2 bridgehead atoms. The summed E-state index contributed by atoms with van der Waals surface area (Å²) in [6, 6.07) is 1.36. The lowest BCUT2D eigenvalue weighted by molar-refractivity contribution is -0.122. The van der Waals surface area contributed by atoms with Crippen LogP contribution >= 0.6 is 12.4 Å². The van der Waals surface area contributed by atoms with Crippen molar-refractivity contribution in [3.05, 3.63) is 0 Å². The number of fused-ring (bicyclic) bond motifs is 2. The molecule has 1 amide bonds. The Morgan fingerprint density at radius 2 is 1.88 bits per heavy atom. The average molecular weight is 359 g/mol. The van der Waals surface area contributed by atoms with Gasteiger partial charge in [-0.3, -0.25) is 4.79 Å². The first-order valence-electron chi connectivity index (χ1n) is 9.79. The van der Waals surface area contributed by atoms with Gasteiger partial charge in [0, 0.05) is 38.3 Å². The largest absolute Gasteiger partial charge is 0.382 e. The number of halogens is 1. The Morgan fingerprint density at radius 3 is 2.50 bits per heavy atom. The molecular formula is C19H35ClN2O2. The van der Waals surface area contributed by atoms with Crippen molar-refractivity contribution in [3.8, 4) is 0 Å². The molecule has 2 saturated heterocycles. The molecule has 2 aliphatic heterocycles. The molecule has 3 aliphatic rings. The molecule has 24 heavy (non-hydrogen) atoms. The van der Waals surface area contributed by atoms with E-state index in [1.165, 1.54) is 51.4 Å². The van der Waals surface area contributed by atoms with Crippen LogP contribution in [0.15, 0.2) is 0 Å². The molecule has 4 nitrogen and oxygen atoms in total. The van der Waals surface area contributed by atoms with Gasteiger partial charge in [0.15, 0.2) is 0 Å². The molecule has 3 rings (SSSR count). The van der Waals surface area contributed by atoms with Crippen molar-refractivity contribution in [2.24, 2.45) is 11.3 Å². The van der Waals surface area contributed by atoms with E-state index >= 15 is 0 Å². The highest BCUT2D eigenvalue weighted by atomic mass is 35.5. The number of hydrogen-bond acceptors (Lipinski definition) is 3. The van der Waals surface area contributed by atoms with Crippen LogP contribution in [0.3, 0.4) is 0 Å². The molecule has 5 heteroatoms. The van der Waals surface area contributed by atoms with Gasteiger partial charge in [-0.2, -0.15) is 0 Å². The van der Waals surface area contributed by atoms with Gasteiger partial charge in [0.2, 0.25) is 5.91 Å². The van der Waals surface area contributed by atoms with Gasteiger partial charge in [0.05, 0.1) is 0 Å². The first kappa shape index (κ1) is 20.0. The number of carbonyl (C=O) groups is 1. The first-order chi connectivity index (χ1) is 11.2. The number of ether oxygens (including phenoxy) is 1. The molecule has 0 spiro atoms. The number of piperidine rings is 1. The zero-order valence-electron chi connectivity index (χ0n) is 15.1. The monoisotopic (exact) mass is 358 g/mol. The molecule has 0 aromatic heterocycles. The van der Waals surface area contributed by atoms with Gasteiger partial charge in [-0.25, -0.2) is 0 Å². The SMILES string of the molecule is CCOCCC1(CNC(=O)CC2CC3CCC(C2)N3)CCCC1.Cl. The van der Waals surface area contributed by atoms with Gasteiger partial charge < -0.3 is 15.4 Å². The van der Waals surface area contributed by atoms with E-state index in [1.807, 2.05) is 0 Å². The molecule has 1 saturated carbocycles. The van der Waals surface area contributed by atoms with Gasteiger partial charge in [0.1, 0.15) is 0 Å². The van der Waals surface area contributed by atoms with Crippen LogP contribution in [-0.4, -0.2) is 37.7 Å². The normalized spacial score (nSPS) is 30.8. The number of amides is 1. The lowest BCUT2D eigenvalue weighted by Crippen LogP contribution is -2.41. The second-order valence-electron chi connectivity index (χ2n) is 8.11. The van der Waals surface area contributed by atoms with Crippen molar-refractivity contribution in [1.29, 1.82) is 0 Å². The van der Waals surface area contributed by atoms with Gasteiger partial charge in [-0.1, -0.05) is 12.8 Å². The van der Waals surface area contributed by atoms with Crippen LogP contribution in [0.2, 0.25) is 0 Å². The lowest BCUT2D eigenvalue weighted by atomic mass is 9.82. The molecule has 2 heterocycles. The summed E-state index contributed by atoms with van der Waals surface area (Å²) in [7, 11) is 0. The summed E-state index contributed by atoms with van der Waals surface area (Å²) in [5, 5.41) is 6.93. The minimum absolute atomic E-state index is 0. The van der Waals surface area contributed by atoms with Crippen LogP contribution in [0, 0.1) is 11.3 Å². The fourth-order valence-electron chi connectivity index (χ4n) is 5.04. The Kier molecular flexibility index (Phi) is 7.83. The van der Waals surface area contributed by atoms with Crippen LogP contribution in [0.1, 0.15) is 71.1 Å². The van der Waals surface area contributed by atoms with E-state index in [9.17, 15) is 4.79 Å². The van der Waals surface area contributed by atoms with Crippen LogP contribution in [0.4, 0.5) is 0 Å². The molecule has 2 unspecified atom stereocenters. The minimum Gasteiger partial charge on any atom is -0.382 e. The predicted octanol–water partition coefficient (Wildman–Crippen LogP) is 3.43. The van der Waals surface area contributed by atoms with Crippen LogP contribution < -0.4 is 10.6 Å². The second-order valence-corrected chi connectivity index (χ2v) is 8.11. The summed E-state index contributed by atoms with van der Waals surface area (Å²) in [6.45, 7) is 4.54. The lowest BCUT2D eigenvalue weighted by Gasteiger charge is -2.31. The summed E-state index contributed by atoms with van der Waals surface area (Å²) in [4.78, 5) is 12.4. The Morgan fingerprint density at radius 1 is 1.21 bits per heavy atom. The Hall–Kier alpha value is -0.320. The first-order valence-corrected chi connectivity index (χ1v) is 9.79. The maximum Gasteiger partial charge on any atom is 0.220 e. The molecule has 0 aromatic rings. The molecular weight excluding hydrogens is 324 g/mol. The standard InChI is InChI=1S/C19H34N2O2.ClH/c1-2-23-10-9-19(7-3-4-8-19)14-20-18(22)13-15-11-16-5-6-17(12-15)21-16;/h15-17,21H,2-14H2,1H3,(H,20,22);1H. The maximum absolute atomic E-state index is 12.4. The Balaban J connectivity index is 0.00000208. The number of carbonyl (C=O) groups excluding carboxylic acids is 1. The summed E-state index contributed by atoms with van der Waals surface area (Å²) in [5.41, 5.74) is 0.304.